The van der Waals surface area contributed by atoms with Crippen LogP contribution in [0.4, 0.5) is 8.78 Å². The summed E-state index contributed by atoms with van der Waals surface area (Å²) in [4.78, 5) is 12.1. The van der Waals surface area contributed by atoms with E-state index in [-0.39, 0.29) is 21.5 Å². The fourth-order valence-corrected chi connectivity index (χ4v) is 4.20. The van der Waals surface area contributed by atoms with Crippen molar-refractivity contribution in [3.63, 3.8) is 0 Å². The number of nitrogens with one attached hydrogen (secondary N) is 1. The summed E-state index contributed by atoms with van der Waals surface area (Å²) < 4.78 is 28.8. The van der Waals surface area contributed by atoms with Gasteiger partial charge in [0.2, 0.25) is 5.91 Å². The second-order valence-electron chi connectivity index (χ2n) is 5.15. The lowest BCUT2D eigenvalue weighted by atomic mass is 9.97. The number of hydrogen-bond acceptors (Lipinski definition) is 1. The Morgan fingerprint density at radius 3 is 2.77 bits per heavy atom. The first-order valence-electron chi connectivity index (χ1n) is 6.60. The lowest BCUT2D eigenvalue weighted by molar-refractivity contribution is -0.121. The Labute approximate surface area is 143 Å². The summed E-state index contributed by atoms with van der Waals surface area (Å²) >= 11 is 15.6. The summed E-state index contributed by atoms with van der Waals surface area (Å²) in [5.41, 5.74) is 1.17. The number of amides is 1. The van der Waals surface area contributed by atoms with Gasteiger partial charge in [-0.2, -0.15) is 8.78 Å². The van der Waals surface area contributed by atoms with Crippen LogP contribution in [0.15, 0.2) is 10.5 Å². The van der Waals surface area contributed by atoms with E-state index in [1.165, 1.54) is 0 Å². The number of fused-ring (bicyclic) bond motifs is 3. The summed E-state index contributed by atoms with van der Waals surface area (Å²) in [6.07, 6.45) is 0.310. The van der Waals surface area contributed by atoms with Gasteiger partial charge in [0, 0.05) is 28.5 Å². The zero-order valence-corrected chi connectivity index (χ0v) is 14.5. The van der Waals surface area contributed by atoms with Crippen LogP contribution in [-0.2, 0) is 11.2 Å². The molecule has 0 saturated carbocycles. The van der Waals surface area contributed by atoms with Crippen molar-refractivity contribution < 1.29 is 13.6 Å². The average Bonchev–Trinajstić information content (AvgIpc) is 2.72. The Balaban J connectivity index is 2.52. The van der Waals surface area contributed by atoms with Crippen LogP contribution >= 0.6 is 39.1 Å². The maximum Gasteiger partial charge on any atom is 0.319 e. The van der Waals surface area contributed by atoms with Gasteiger partial charge in [-0.3, -0.25) is 9.36 Å². The van der Waals surface area contributed by atoms with E-state index < -0.39 is 12.5 Å². The van der Waals surface area contributed by atoms with Crippen LogP contribution in [0.1, 0.15) is 30.6 Å². The molecule has 0 radical (unpaired) electrons. The minimum atomic E-state index is -2.77. The number of nitrogens with zero attached hydrogens (tertiary/aromatic N) is 1. The largest absolute Gasteiger partial charge is 0.355 e. The standard InChI is InChI=1S/C14H11BrCl2F2N2O/c1-5-9-8(2-3-20-13(5)22)21(14(18)19)12-10(9)6(15)4-7(16)11(12)17/h4-5,14H,2-3H2,1H3,(H,20,22)/t5-/m1/s1. The fourth-order valence-electron chi connectivity index (χ4n) is 3.00. The monoisotopic (exact) mass is 410 g/mol. The first kappa shape index (κ1) is 16.0. The van der Waals surface area contributed by atoms with Crippen molar-refractivity contribution in [1.82, 2.24) is 9.88 Å². The minimum Gasteiger partial charge on any atom is -0.355 e. The van der Waals surface area contributed by atoms with Gasteiger partial charge in [-0.05, 0) is 18.6 Å². The molecule has 8 heteroatoms. The average molecular weight is 412 g/mol. The van der Waals surface area contributed by atoms with Crippen molar-refractivity contribution in [1.29, 1.82) is 0 Å². The fraction of sp³-hybridized carbons (Fsp3) is 0.357. The van der Waals surface area contributed by atoms with Gasteiger partial charge >= 0.3 is 6.55 Å². The van der Waals surface area contributed by atoms with Crippen LogP contribution in [0, 0.1) is 0 Å². The molecule has 1 aromatic heterocycles. The summed E-state index contributed by atoms with van der Waals surface area (Å²) in [7, 11) is 0. The number of carbonyl (C=O) groups is 1. The molecule has 3 nitrogen and oxygen atoms in total. The van der Waals surface area contributed by atoms with Crippen LogP contribution < -0.4 is 5.32 Å². The van der Waals surface area contributed by atoms with Gasteiger partial charge in [0.1, 0.15) is 0 Å². The van der Waals surface area contributed by atoms with Crippen molar-refractivity contribution in [2.24, 2.45) is 0 Å². The molecule has 2 aromatic rings. The van der Waals surface area contributed by atoms with Crippen LogP contribution in [0.3, 0.4) is 0 Å². The SMILES string of the molecule is C[C@H]1C(=O)NCCc2c1c1c(Br)cc(Cl)c(Cl)c1n2C(F)F. The molecule has 1 aliphatic rings. The molecule has 1 N–H and O–H groups in total. The molecule has 0 aliphatic carbocycles. The van der Waals surface area contributed by atoms with Gasteiger partial charge in [0.25, 0.3) is 0 Å². The minimum absolute atomic E-state index is 0.0702. The van der Waals surface area contributed by atoms with E-state index in [0.29, 0.717) is 34.1 Å². The molecule has 1 aliphatic heterocycles. The number of halogens is 5. The van der Waals surface area contributed by atoms with Crippen LogP contribution in [0.2, 0.25) is 10.0 Å². The highest BCUT2D eigenvalue weighted by atomic mass is 79.9. The molecule has 1 atom stereocenters. The molecular weight excluding hydrogens is 401 g/mol. The summed E-state index contributed by atoms with van der Waals surface area (Å²) in [5.74, 6) is -0.737. The Kier molecular flexibility index (Phi) is 4.12. The Morgan fingerprint density at radius 2 is 2.14 bits per heavy atom. The normalized spacial score (nSPS) is 18.5. The molecule has 0 bridgehead atoms. The number of carbonyl (C=O) groups excluding carboxylic acids is 1. The summed E-state index contributed by atoms with van der Waals surface area (Å²) in [5, 5.41) is 3.51. The Bertz CT molecular complexity index is 791. The highest BCUT2D eigenvalue weighted by Crippen LogP contribution is 2.45. The van der Waals surface area contributed by atoms with Gasteiger partial charge in [-0.1, -0.05) is 39.1 Å². The van der Waals surface area contributed by atoms with Crippen molar-refractivity contribution >= 4 is 55.9 Å². The molecule has 3 rings (SSSR count). The molecule has 0 saturated heterocycles. The first-order chi connectivity index (χ1) is 10.3. The van der Waals surface area contributed by atoms with E-state index in [1.807, 2.05) is 0 Å². The first-order valence-corrected chi connectivity index (χ1v) is 8.15. The third kappa shape index (κ3) is 2.23. The Hall–Kier alpha value is -0.850. The van der Waals surface area contributed by atoms with Crippen LogP contribution in [-0.4, -0.2) is 17.0 Å². The molecular formula is C14H11BrCl2F2N2O. The third-order valence-electron chi connectivity index (χ3n) is 3.94. The second kappa shape index (κ2) is 5.65. The van der Waals surface area contributed by atoms with Crippen LogP contribution in [0.25, 0.3) is 10.9 Å². The van der Waals surface area contributed by atoms with E-state index in [4.69, 9.17) is 23.2 Å². The van der Waals surface area contributed by atoms with Gasteiger partial charge in [-0.15, -0.1) is 0 Å². The highest BCUT2D eigenvalue weighted by Gasteiger charge is 2.32. The van der Waals surface area contributed by atoms with E-state index in [0.717, 1.165) is 4.57 Å². The quantitative estimate of drug-likeness (QED) is 0.666. The number of aromatic nitrogens is 1. The number of rotatable bonds is 1. The highest BCUT2D eigenvalue weighted by molar-refractivity contribution is 9.10. The maximum atomic E-state index is 13.7. The number of alkyl halides is 2. The lowest BCUT2D eigenvalue weighted by Gasteiger charge is -2.11. The number of benzene rings is 1. The molecule has 0 fully saturated rings. The molecule has 118 valence electrons. The van der Waals surface area contributed by atoms with Crippen molar-refractivity contribution in [3.05, 3.63) is 31.8 Å². The van der Waals surface area contributed by atoms with E-state index in [9.17, 15) is 13.6 Å². The van der Waals surface area contributed by atoms with Crippen molar-refractivity contribution in [3.8, 4) is 0 Å². The Morgan fingerprint density at radius 1 is 1.45 bits per heavy atom. The van der Waals surface area contributed by atoms with E-state index >= 15 is 0 Å². The van der Waals surface area contributed by atoms with Gasteiger partial charge in [-0.25, -0.2) is 0 Å². The van der Waals surface area contributed by atoms with Crippen molar-refractivity contribution in [2.45, 2.75) is 25.8 Å². The van der Waals surface area contributed by atoms with Crippen LogP contribution in [0.5, 0.6) is 0 Å². The third-order valence-corrected chi connectivity index (χ3v) is 5.34. The molecule has 0 spiro atoms. The van der Waals surface area contributed by atoms with Crippen molar-refractivity contribution in [2.75, 3.05) is 6.54 Å². The number of hydrogen-bond donors (Lipinski definition) is 1. The topological polar surface area (TPSA) is 34.0 Å². The smallest absolute Gasteiger partial charge is 0.319 e. The zero-order chi connectivity index (χ0) is 16.2. The summed E-state index contributed by atoms with van der Waals surface area (Å²) in [6.45, 7) is -0.763. The maximum absolute atomic E-state index is 13.7. The predicted molar refractivity (Wildman–Crippen MR) is 86.0 cm³/mol. The van der Waals surface area contributed by atoms with E-state index in [2.05, 4.69) is 21.2 Å². The molecule has 1 aromatic carbocycles. The van der Waals surface area contributed by atoms with Gasteiger partial charge < -0.3 is 5.32 Å². The summed E-state index contributed by atoms with van der Waals surface area (Å²) in [6, 6.07) is 1.57. The zero-order valence-electron chi connectivity index (χ0n) is 11.4. The van der Waals surface area contributed by atoms with Gasteiger partial charge in [0.15, 0.2) is 0 Å². The molecule has 2 heterocycles. The molecule has 22 heavy (non-hydrogen) atoms. The molecule has 0 unspecified atom stereocenters. The lowest BCUT2D eigenvalue weighted by Crippen LogP contribution is -2.27. The van der Waals surface area contributed by atoms with E-state index in [1.54, 1.807) is 13.0 Å². The second-order valence-corrected chi connectivity index (χ2v) is 6.79. The predicted octanol–water partition coefficient (Wildman–Crippen LogP) is 4.88. The molecule has 1 amide bonds. The van der Waals surface area contributed by atoms with Gasteiger partial charge in [0.05, 0.1) is 21.5 Å².